The second-order valence-corrected chi connectivity index (χ2v) is 5.04. The van der Waals surface area contributed by atoms with Gasteiger partial charge in [0.1, 0.15) is 5.75 Å². The summed E-state index contributed by atoms with van der Waals surface area (Å²) < 4.78 is 5.75. The van der Waals surface area contributed by atoms with Crippen LogP contribution in [0.3, 0.4) is 0 Å². The minimum absolute atomic E-state index is 0.677. The van der Waals surface area contributed by atoms with Crippen LogP contribution in [0.4, 0.5) is 5.69 Å². The molecule has 0 fully saturated rings. The molecule has 2 N–H and O–H groups in total. The van der Waals surface area contributed by atoms with Gasteiger partial charge < -0.3 is 10.5 Å². The molecule has 100 valence electrons. The fourth-order valence-electron chi connectivity index (χ4n) is 1.94. The van der Waals surface area contributed by atoms with Crippen LogP contribution in [0, 0.1) is 6.92 Å². The first-order chi connectivity index (χ1) is 9.15. The first-order valence-corrected chi connectivity index (χ1v) is 6.76. The van der Waals surface area contributed by atoms with Crippen LogP contribution in [0.15, 0.2) is 42.5 Å². The van der Waals surface area contributed by atoms with E-state index in [1.54, 1.807) is 0 Å². The molecule has 0 saturated heterocycles. The molecule has 2 aromatic rings. The van der Waals surface area contributed by atoms with Gasteiger partial charge in [0.25, 0.3) is 0 Å². The zero-order valence-electron chi connectivity index (χ0n) is 11.0. The molecule has 0 aliphatic carbocycles. The van der Waals surface area contributed by atoms with Crippen molar-refractivity contribution in [1.82, 2.24) is 0 Å². The molecule has 3 heteroatoms. The first-order valence-electron chi connectivity index (χ1n) is 6.38. The summed E-state index contributed by atoms with van der Waals surface area (Å²) >= 11 is 5.95. The third kappa shape index (κ3) is 4.18. The molecule has 2 nitrogen and oxygen atoms in total. The van der Waals surface area contributed by atoms with Crippen molar-refractivity contribution in [2.75, 3.05) is 12.3 Å². The maximum absolute atomic E-state index is 5.95. The smallest absolute Gasteiger partial charge is 0.123 e. The molecule has 0 atom stereocenters. The van der Waals surface area contributed by atoms with E-state index in [-0.39, 0.29) is 0 Å². The molecular weight excluding hydrogens is 258 g/mol. The summed E-state index contributed by atoms with van der Waals surface area (Å²) in [5.41, 5.74) is 8.90. The van der Waals surface area contributed by atoms with Gasteiger partial charge >= 0.3 is 0 Å². The van der Waals surface area contributed by atoms with Crippen molar-refractivity contribution in [1.29, 1.82) is 0 Å². The van der Waals surface area contributed by atoms with Crippen molar-refractivity contribution in [3.8, 4) is 5.75 Å². The zero-order valence-corrected chi connectivity index (χ0v) is 11.8. The Hall–Kier alpha value is -1.67. The average Bonchev–Trinajstić information content (AvgIpc) is 2.39. The average molecular weight is 276 g/mol. The van der Waals surface area contributed by atoms with Crippen molar-refractivity contribution in [3.05, 3.63) is 58.6 Å². The highest BCUT2D eigenvalue weighted by atomic mass is 35.5. The molecule has 19 heavy (non-hydrogen) atoms. The quantitative estimate of drug-likeness (QED) is 0.654. The number of nitrogen functional groups attached to an aromatic ring is 1. The largest absolute Gasteiger partial charge is 0.493 e. The standard InChI is InChI=1S/C16H18ClNO/c1-12-7-8-14(17)11-16(12)19-9-3-5-13-4-2-6-15(18)10-13/h2,4,6-8,10-11H,3,5,9,18H2,1H3. The van der Waals surface area contributed by atoms with E-state index in [1.807, 2.05) is 43.3 Å². The minimum Gasteiger partial charge on any atom is -0.493 e. The van der Waals surface area contributed by atoms with Gasteiger partial charge in [0.15, 0.2) is 0 Å². The molecule has 0 unspecified atom stereocenters. The van der Waals surface area contributed by atoms with Crippen LogP contribution in [-0.2, 0) is 6.42 Å². The Labute approximate surface area is 119 Å². The third-order valence-corrected chi connectivity index (χ3v) is 3.20. The van der Waals surface area contributed by atoms with Gasteiger partial charge in [-0.1, -0.05) is 29.8 Å². The Bertz CT molecular complexity index is 554. The second-order valence-electron chi connectivity index (χ2n) is 4.61. The van der Waals surface area contributed by atoms with Gasteiger partial charge in [0.05, 0.1) is 6.61 Å². The molecule has 0 heterocycles. The number of nitrogens with two attached hydrogens (primary N) is 1. The molecule has 0 aromatic heterocycles. The highest BCUT2D eigenvalue weighted by Gasteiger charge is 2.01. The summed E-state index contributed by atoms with van der Waals surface area (Å²) in [6, 6.07) is 13.7. The van der Waals surface area contributed by atoms with Crippen molar-refractivity contribution in [3.63, 3.8) is 0 Å². The second kappa shape index (κ2) is 6.48. The molecular formula is C16H18ClNO. The molecule has 0 radical (unpaired) electrons. The predicted octanol–water partition coefficient (Wildman–Crippen LogP) is 4.24. The Morgan fingerprint density at radius 1 is 1.16 bits per heavy atom. The lowest BCUT2D eigenvalue weighted by Gasteiger charge is -2.09. The van der Waals surface area contributed by atoms with Crippen LogP contribution >= 0.6 is 11.6 Å². The minimum atomic E-state index is 0.677. The van der Waals surface area contributed by atoms with E-state index in [4.69, 9.17) is 22.1 Å². The lowest BCUT2D eigenvalue weighted by molar-refractivity contribution is 0.309. The van der Waals surface area contributed by atoms with Crippen LogP contribution in [0.1, 0.15) is 17.5 Å². The first kappa shape index (κ1) is 13.8. The molecule has 0 aliphatic heterocycles. The number of rotatable bonds is 5. The Balaban J connectivity index is 1.82. The Kier molecular flexibility index (Phi) is 4.69. The van der Waals surface area contributed by atoms with Gasteiger partial charge in [0.2, 0.25) is 0 Å². The summed E-state index contributed by atoms with van der Waals surface area (Å²) in [5, 5.41) is 0.705. The van der Waals surface area contributed by atoms with Gasteiger partial charge in [0, 0.05) is 10.7 Å². The van der Waals surface area contributed by atoms with E-state index in [2.05, 4.69) is 6.07 Å². The number of halogens is 1. The lowest BCUT2D eigenvalue weighted by atomic mass is 10.1. The van der Waals surface area contributed by atoms with Crippen LogP contribution in [0.5, 0.6) is 5.75 Å². The number of anilines is 1. The maximum atomic E-state index is 5.95. The Morgan fingerprint density at radius 2 is 2.00 bits per heavy atom. The molecule has 0 bridgehead atoms. The predicted molar refractivity (Wildman–Crippen MR) is 80.9 cm³/mol. The summed E-state index contributed by atoms with van der Waals surface area (Å²) in [4.78, 5) is 0. The fraction of sp³-hybridized carbons (Fsp3) is 0.250. The normalized spacial score (nSPS) is 10.4. The van der Waals surface area contributed by atoms with E-state index in [1.165, 1.54) is 5.56 Å². The van der Waals surface area contributed by atoms with Gasteiger partial charge in [-0.15, -0.1) is 0 Å². The maximum Gasteiger partial charge on any atom is 0.123 e. The van der Waals surface area contributed by atoms with Crippen molar-refractivity contribution in [2.24, 2.45) is 0 Å². The van der Waals surface area contributed by atoms with Crippen LogP contribution < -0.4 is 10.5 Å². The summed E-state index contributed by atoms with van der Waals surface area (Å²) in [6.07, 6.45) is 1.92. The summed E-state index contributed by atoms with van der Waals surface area (Å²) in [5.74, 6) is 0.861. The molecule has 0 aliphatic rings. The van der Waals surface area contributed by atoms with Crippen LogP contribution in [0.25, 0.3) is 0 Å². The Morgan fingerprint density at radius 3 is 2.79 bits per heavy atom. The SMILES string of the molecule is Cc1ccc(Cl)cc1OCCCc1cccc(N)c1. The zero-order chi connectivity index (χ0) is 13.7. The fourth-order valence-corrected chi connectivity index (χ4v) is 2.10. The number of aryl methyl sites for hydroxylation is 2. The van der Waals surface area contributed by atoms with E-state index in [0.29, 0.717) is 11.6 Å². The van der Waals surface area contributed by atoms with Crippen molar-refractivity contribution in [2.45, 2.75) is 19.8 Å². The third-order valence-electron chi connectivity index (χ3n) is 2.97. The van der Waals surface area contributed by atoms with Gasteiger partial charge in [-0.05, 0) is 55.2 Å². The highest BCUT2D eigenvalue weighted by Crippen LogP contribution is 2.22. The number of ether oxygens (including phenoxy) is 1. The van der Waals surface area contributed by atoms with E-state index < -0.39 is 0 Å². The molecule has 0 spiro atoms. The number of hydrogen-bond donors (Lipinski definition) is 1. The van der Waals surface area contributed by atoms with E-state index in [0.717, 1.165) is 29.8 Å². The monoisotopic (exact) mass is 275 g/mol. The van der Waals surface area contributed by atoms with E-state index >= 15 is 0 Å². The van der Waals surface area contributed by atoms with Gasteiger partial charge in [-0.25, -0.2) is 0 Å². The highest BCUT2D eigenvalue weighted by molar-refractivity contribution is 6.30. The van der Waals surface area contributed by atoms with Gasteiger partial charge in [-0.3, -0.25) is 0 Å². The summed E-state index contributed by atoms with van der Waals surface area (Å²) in [6.45, 7) is 2.69. The molecule has 0 amide bonds. The lowest BCUT2D eigenvalue weighted by Crippen LogP contribution is -2.01. The molecule has 2 rings (SSSR count). The van der Waals surface area contributed by atoms with Crippen molar-refractivity contribution < 1.29 is 4.74 Å². The van der Waals surface area contributed by atoms with Crippen LogP contribution in [-0.4, -0.2) is 6.61 Å². The summed E-state index contributed by atoms with van der Waals surface area (Å²) in [7, 11) is 0. The number of hydrogen-bond acceptors (Lipinski definition) is 2. The molecule has 0 saturated carbocycles. The van der Waals surface area contributed by atoms with Crippen LogP contribution in [0.2, 0.25) is 5.02 Å². The van der Waals surface area contributed by atoms with Gasteiger partial charge in [-0.2, -0.15) is 0 Å². The van der Waals surface area contributed by atoms with E-state index in [9.17, 15) is 0 Å². The molecule has 2 aromatic carbocycles. The topological polar surface area (TPSA) is 35.2 Å². The number of benzene rings is 2. The van der Waals surface area contributed by atoms with Crippen molar-refractivity contribution >= 4 is 17.3 Å².